The summed E-state index contributed by atoms with van der Waals surface area (Å²) in [5.74, 6) is 1.21. The molecule has 2 N–H and O–H groups in total. The van der Waals surface area contributed by atoms with Gasteiger partial charge < -0.3 is 5.73 Å². The van der Waals surface area contributed by atoms with E-state index in [0.717, 1.165) is 6.54 Å². The van der Waals surface area contributed by atoms with E-state index in [2.05, 4.69) is 39.0 Å². The second-order valence-corrected chi connectivity index (χ2v) is 6.58. The van der Waals surface area contributed by atoms with Crippen LogP contribution in [-0.4, -0.2) is 42.1 Å². The number of hydrogen-bond donors (Lipinski definition) is 1. The average Bonchev–Trinajstić information content (AvgIpc) is 3.03. The minimum absolute atomic E-state index is 0.170. The van der Waals surface area contributed by atoms with Crippen molar-refractivity contribution in [2.75, 3.05) is 25.6 Å². The van der Waals surface area contributed by atoms with Gasteiger partial charge in [-0.15, -0.1) is 0 Å². The lowest BCUT2D eigenvalue weighted by molar-refractivity contribution is 0.0406. The maximum absolute atomic E-state index is 6.07. The van der Waals surface area contributed by atoms with Crippen LogP contribution in [0, 0.1) is 5.41 Å². The first kappa shape index (κ1) is 14.3. The van der Waals surface area contributed by atoms with E-state index in [9.17, 15) is 0 Å². The lowest BCUT2D eigenvalue weighted by Crippen LogP contribution is -2.59. The molecule has 0 spiro atoms. The maximum atomic E-state index is 6.07. The van der Waals surface area contributed by atoms with Gasteiger partial charge in [-0.1, -0.05) is 13.8 Å². The molecule has 96 valence electrons. The lowest BCUT2D eigenvalue weighted by Gasteiger charge is -2.47. The zero-order chi connectivity index (χ0) is 12.4. The molecular formula is C13H28N2S. The van der Waals surface area contributed by atoms with E-state index in [0.29, 0.717) is 11.5 Å². The lowest BCUT2D eigenvalue weighted by atomic mass is 9.81. The number of nitrogens with two attached hydrogens (primary N) is 1. The van der Waals surface area contributed by atoms with Gasteiger partial charge in [0.2, 0.25) is 0 Å². The second-order valence-electron chi connectivity index (χ2n) is 5.67. The molecule has 0 bridgehead atoms. The van der Waals surface area contributed by atoms with Crippen molar-refractivity contribution >= 4 is 11.8 Å². The van der Waals surface area contributed by atoms with Crippen molar-refractivity contribution in [3.05, 3.63) is 0 Å². The van der Waals surface area contributed by atoms with Gasteiger partial charge in [0, 0.05) is 23.9 Å². The molecule has 1 aliphatic carbocycles. The zero-order valence-electron chi connectivity index (χ0n) is 11.5. The summed E-state index contributed by atoms with van der Waals surface area (Å²) in [7, 11) is 2.26. The first-order valence-corrected chi connectivity index (χ1v) is 7.76. The van der Waals surface area contributed by atoms with Crippen LogP contribution in [0.1, 0.15) is 40.0 Å². The number of thioether (sulfide) groups is 1. The average molecular weight is 244 g/mol. The second kappa shape index (κ2) is 5.28. The number of likely N-dealkylation sites (N-methyl/N-ethyl adjacent to an activating group) is 1. The molecule has 0 heterocycles. The van der Waals surface area contributed by atoms with Crippen LogP contribution in [0.2, 0.25) is 0 Å². The molecule has 1 aliphatic rings. The third-order valence-corrected chi connectivity index (χ3v) is 5.57. The van der Waals surface area contributed by atoms with Crippen molar-refractivity contribution in [3.8, 4) is 0 Å². The molecule has 0 aliphatic heterocycles. The number of nitrogens with zero attached hydrogens (tertiary/aromatic N) is 1. The molecule has 0 aromatic heterocycles. The van der Waals surface area contributed by atoms with Crippen LogP contribution in [0.25, 0.3) is 0 Å². The van der Waals surface area contributed by atoms with E-state index in [-0.39, 0.29) is 5.54 Å². The summed E-state index contributed by atoms with van der Waals surface area (Å²) in [6.07, 6.45) is 6.07. The quantitative estimate of drug-likeness (QED) is 0.746. The molecular weight excluding hydrogens is 216 g/mol. The van der Waals surface area contributed by atoms with Crippen LogP contribution >= 0.6 is 11.8 Å². The molecule has 0 saturated heterocycles. The Hall–Kier alpha value is 0.270. The van der Waals surface area contributed by atoms with Gasteiger partial charge in [-0.3, -0.25) is 4.90 Å². The summed E-state index contributed by atoms with van der Waals surface area (Å²) in [4.78, 5) is 2.55. The monoisotopic (exact) mass is 244 g/mol. The first-order valence-electron chi connectivity index (χ1n) is 6.37. The van der Waals surface area contributed by atoms with E-state index < -0.39 is 0 Å². The molecule has 2 unspecified atom stereocenters. The SMILES string of the molecule is CCC(CSC)N(C)C(C)(CN)C1(C)CC1. The van der Waals surface area contributed by atoms with E-state index in [1.165, 1.54) is 25.0 Å². The molecule has 3 heteroatoms. The van der Waals surface area contributed by atoms with Gasteiger partial charge in [0.15, 0.2) is 0 Å². The Morgan fingerprint density at radius 1 is 1.50 bits per heavy atom. The minimum Gasteiger partial charge on any atom is -0.329 e. The Balaban J connectivity index is 2.78. The topological polar surface area (TPSA) is 29.3 Å². The van der Waals surface area contributed by atoms with Crippen molar-refractivity contribution in [2.24, 2.45) is 11.1 Å². The van der Waals surface area contributed by atoms with Crippen LogP contribution < -0.4 is 5.73 Å². The third kappa shape index (κ3) is 2.41. The zero-order valence-corrected chi connectivity index (χ0v) is 12.4. The fourth-order valence-electron chi connectivity index (χ4n) is 2.64. The van der Waals surface area contributed by atoms with Gasteiger partial charge in [0.1, 0.15) is 0 Å². The highest BCUT2D eigenvalue weighted by Crippen LogP contribution is 2.55. The highest BCUT2D eigenvalue weighted by Gasteiger charge is 2.55. The van der Waals surface area contributed by atoms with Gasteiger partial charge in [0.25, 0.3) is 0 Å². The molecule has 1 rings (SSSR count). The smallest absolute Gasteiger partial charge is 0.0357 e. The van der Waals surface area contributed by atoms with E-state index in [4.69, 9.17) is 5.73 Å². The van der Waals surface area contributed by atoms with E-state index >= 15 is 0 Å². The summed E-state index contributed by atoms with van der Waals surface area (Å²) in [6.45, 7) is 7.79. The van der Waals surface area contributed by atoms with Gasteiger partial charge in [-0.05, 0) is 44.9 Å². The predicted molar refractivity (Wildman–Crippen MR) is 75.0 cm³/mol. The fraction of sp³-hybridized carbons (Fsp3) is 1.00. The normalized spacial score (nSPS) is 24.2. The first-order chi connectivity index (χ1) is 7.45. The summed E-state index contributed by atoms with van der Waals surface area (Å²) >= 11 is 1.94. The van der Waals surface area contributed by atoms with Gasteiger partial charge in [-0.2, -0.15) is 11.8 Å². The van der Waals surface area contributed by atoms with Crippen LogP contribution in [0.15, 0.2) is 0 Å². The Morgan fingerprint density at radius 3 is 2.38 bits per heavy atom. The maximum Gasteiger partial charge on any atom is 0.0357 e. The van der Waals surface area contributed by atoms with Crippen molar-refractivity contribution in [3.63, 3.8) is 0 Å². The van der Waals surface area contributed by atoms with Crippen molar-refractivity contribution < 1.29 is 0 Å². The molecule has 0 amide bonds. The third-order valence-electron chi connectivity index (χ3n) is 4.85. The summed E-state index contributed by atoms with van der Waals surface area (Å²) in [5, 5.41) is 0. The molecule has 2 nitrogen and oxygen atoms in total. The molecule has 0 radical (unpaired) electrons. The van der Waals surface area contributed by atoms with Crippen LogP contribution in [0.3, 0.4) is 0 Å². The van der Waals surface area contributed by atoms with Crippen LogP contribution in [0.5, 0.6) is 0 Å². The fourth-order valence-corrected chi connectivity index (χ4v) is 3.49. The summed E-state index contributed by atoms with van der Waals surface area (Å²) in [5.41, 5.74) is 6.69. The van der Waals surface area contributed by atoms with E-state index in [1.807, 2.05) is 11.8 Å². The highest BCUT2D eigenvalue weighted by molar-refractivity contribution is 7.98. The number of hydrogen-bond acceptors (Lipinski definition) is 3. The standard InChI is InChI=1S/C13H28N2S/c1-6-11(9-16-5)15(4)13(3,10-14)12(2)7-8-12/h11H,6-10,14H2,1-5H3. The van der Waals surface area contributed by atoms with Crippen LogP contribution in [0.4, 0.5) is 0 Å². The Kier molecular flexibility index (Phi) is 4.73. The molecule has 0 aromatic carbocycles. The highest BCUT2D eigenvalue weighted by atomic mass is 32.2. The molecule has 16 heavy (non-hydrogen) atoms. The summed E-state index contributed by atoms with van der Waals surface area (Å²) < 4.78 is 0. The van der Waals surface area contributed by atoms with Crippen LogP contribution in [-0.2, 0) is 0 Å². The molecule has 1 saturated carbocycles. The van der Waals surface area contributed by atoms with Gasteiger partial charge in [-0.25, -0.2) is 0 Å². The van der Waals surface area contributed by atoms with Crippen molar-refractivity contribution in [1.29, 1.82) is 0 Å². The van der Waals surface area contributed by atoms with Crippen molar-refractivity contribution in [2.45, 2.75) is 51.6 Å². The number of rotatable bonds is 7. The Labute approximate surface area is 105 Å². The Morgan fingerprint density at radius 2 is 2.06 bits per heavy atom. The van der Waals surface area contributed by atoms with Gasteiger partial charge in [0.05, 0.1) is 0 Å². The van der Waals surface area contributed by atoms with Gasteiger partial charge >= 0.3 is 0 Å². The molecule has 1 fully saturated rings. The molecule has 2 atom stereocenters. The Bertz CT molecular complexity index is 228. The minimum atomic E-state index is 0.170. The predicted octanol–water partition coefficient (Wildman–Crippen LogP) is 2.58. The summed E-state index contributed by atoms with van der Waals surface area (Å²) in [6, 6.07) is 0.654. The molecule has 0 aromatic rings. The van der Waals surface area contributed by atoms with Crippen molar-refractivity contribution in [1.82, 2.24) is 4.90 Å². The van der Waals surface area contributed by atoms with E-state index in [1.54, 1.807) is 0 Å². The largest absolute Gasteiger partial charge is 0.329 e.